The summed E-state index contributed by atoms with van der Waals surface area (Å²) in [4.78, 5) is 14.5. The summed E-state index contributed by atoms with van der Waals surface area (Å²) in [6.07, 6.45) is 2.86. The molecule has 0 radical (unpaired) electrons. The van der Waals surface area contributed by atoms with Crippen molar-refractivity contribution in [3.8, 4) is 0 Å². The first-order valence-corrected chi connectivity index (χ1v) is 8.71. The highest BCUT2D eigenvalue weighted by atomic mass is 35.5. The molecule has 1 aliphatic heterocycles. The predicted molar refractivity (Wildman–Crippen MR) is 93.5 cm³/mol. The van der Waals surface area contributed by atoms with Crippen LogP contribution in [0.3, 0.4) is 0 Å². The molecule has 2 nitrogen and oxygen atoms in total. The summed E-state index contributed by atoms with van der Waals surface area (Å²) in [5, 5.41) is 1.47. The van der Waals surface area contributed by atoms with Gasteiger partial charge in [0, 0.05) is 34.0 Å². The Morgan fingerprint density at radius 3 is 2.23 bits per heavy atom. The molecule has 0 saturated carbocycles. The van der Waals surface area contributed by atoms with Gasteiger partial charge in [0.1, 0.15) is 5.78 Å². The van der Waals surface area contributed by atoms with Gasteiger partial charge in [0.05, 0.1) is 0 Å². The van der Waals surface area contributed by atoms with Gasteiger partial charge >= 0.3 is 0 Å². The maximum absolute atomic E-state index is 12.1. The van der Waals surface area contributed by atoms with Crippen molar-refractivity contribution in [2.24, 2.45) is 11.3 Å². The SMILES string of the molecule is CC(C)(C)C(=O)CC1CCN(Cc2c(Cl)cccc2Cl)CC1. The van der Waals surface area contributed by atoms with Crippen LogP contribution in [0.15, 0.2) is 18.2 Å². The summed E-state index contributed by atoms with van der Waals surface area (Å²) in [7, 11) is 0. The number of hydrogen-bond acceptors (Lipinski definition) is 2. The van der Waals surface area contributed by atoms with Crippen molar-refractivity contribution in [3.05, 3.63) is 33.8 Å². The van der Waals surface area contributed by atoms with E-state index in [4.69, 9.17) is 23.2 Å². The van der Waals surface area contributed by atoms with Crippen molar-refractivity contribution in [1.82, 2.24) is 4.90 Å². The van der Waals surface area contributed by atoms with Crippen LogP contribution >= 0.6 is 23.2 Å². The number of carbonyl (C=O) groups is 1. The van der Waals surface area contributed by atoms with Crippen molar-refractivity contribution in [2.75, 3.05) is 13.1 Å². The molecule has 1 fully saturated rings. The predicted octanol–water partition coefficient (Wildman–Crippen LogP) is 5.21. The summed E-state index contributed by atoms with van der Waals surface area (Å²) >= 11 is 12.5. The van der Waals surface area contributed by atoms with Crippen LogP contribution in [-0.4, -0.2) is 23.8 Å². The summed E-state index contributed by atoms with van der Waals surface area (Å²) in [5.74, 6) is 0.893. The van der Waals surface area contributed by atoms with Gasteiger partial charge in [-0.1, -0.05) is 50.0 Å². The van der Waals surface area contributed by atoms with Gasteiger partial charge in [0.2, 0.25) is 0 Å². The summed E-state index contributed by atoms with van der Waals surface area (Å²) < 4.78 is 0. The van der Waals surface area contributed by atoms with E-state index in [0.717, 1.165) is 48.1 Å². The van der Waals surface area contributed by atoms with E-state index in [-0.39, 0.29) is 5.41 Å². The molecule has 122 valence electrons. The first-order valence-electron chi connectivity index (χ1n) is 7.96. The van der Waals surface area contributed by atoms with E-state index < -0.39 is 0 Å². The van der Waals surface area contributed by atoms with Gasteiger partial charge in [-0.3, -0.25) is 9.69 Å². The van der Waals surface area contributed by atoms with Gasteiger partial charge in [0.25, 0.3) is 0 Å². The van der Waals surface area contributed by atoms with Crippen LogP contribution < -0.4 is 0 Å². The highest BCUT2D eigenvalue weighted by Crippen LogP contribution is 2.30. The molecular formula is C18H25Cl2NO. The van der Waals surface area contributed by atoms with Gasteiger partial charge in [-0.25, -0.2) is 0 Å². The largest absolute Gasteiger partial charge is 0.299 e. The van der Waals surface area contributed by atoms with Crippen LogP contribution in [0.1, 0.15) is 45.6 Å². The van der Waals surface area contributed by atoms with Crippen LogP contribution in [-0.2, 0) is 11.3 Å². The van der Waals surface area contributed by atoms with E-state index in [9.17, 15) is 4.79 Å². The maximum Gasteiger partial charge on any atom is 0.138 e. The van der Waals surface area contributed by atoms with Crippen molar-refractivity contribution >= 4 is 29.0 Å². The molecule has 0 amide bonds. The average Bonchev–Trinajstić information content (AvgIpc) is 2.44. The van der Waals surface area contributed by atoms with Crippen molar-refractivity contribution < 1.29 is 4.79 Å². The molecule has 2 rings (SSSR count). The lowest BCUT2D eigenvalue weighted by Crippen LogP contribution is -2.35. The molecule has 1 aliphatic rings. The van der Waals surface area contributed by atoms with Gasteiger partial charge in [-0.15, -0.1) is 0 Å². The van der Waals surface area contributed by atoms with Gasteiger partial charge in [0.15, 0.2) is 0 Å². The molecule has 22 heavy (non-hydrogen) atoms. The maximum atomic E-state index is 12.1. The van der Waals surface area contributed by atoms with E-state index in [1.54, 1.807) is 0 Å². The highest BCUT2D eigenvalue weighted by molar-refractivity contribution is 6.35. The van der Waals surface area contributed by atoms with E-state index >= 15 is 0 Å². The van der Waals surface area contributed by atoms with Crippen molar-refractivity contribution in [3.63, 3.8) is 0 Å². The van der Waals surface area contributed by atoms with E-state index in [1.807, 2.05) is 39.0 Å². The fraction of sp³-hybridized carbons (Fsp3) is 0.611. The number of carbonyl (C=O) groups excluding carboxylic acids is 1. The summed E-state index contributed by atoms with van der Waals surface area (Å²) in [6, 6.07) is 5.65. The molecule has 0 aliphatic carbocycles. The Labute approximate surface area is 143 Å². The van der Waals surface area contributed by atoms with Gasteiger partial charge in [-0.2, -0.15) is 0 Å². The minimum atomic E-state index is -0.220. The third-order valence-corrected chi connectivity index (χ3v) is 5.17. The van der Waals surface area contributed by atoms with E-state index in [0.29, 0.717) is 18.1 Å². The molecule has 0 spiro atoms. The molecule has 1 aromatic carbocycles. The lowest BCUT2D eigenvalue weighted by Gasteiger charge is -2.33. The third kappa shape index (κ3) is 4.71. The standard InChI is InChI=1S/C18H25Cl2NO/c1-18(2,3)17(22)11-13-7-9-21(10-8-13)12-14-15(19)5-4-6-16(14)20/h4-6,13H,7-12H2,1-3H3. The van der Waals surface area contributed by atoms with Gasteiger partial charge in [-0.05, 0) is 44.0 Å². The second kappa shape index (κ2) is 7.33. The molecule has 0 unspecified atom stereocenters. The molecule has 1 saturated heterocycles. The van der Waals surface area contributed by atoms with Crippen molar-refractivity contribution in [1.29, 1.82) is 0 Å². The number of piperidine rings is 1. The zero-order chi connectivity index (χ0) is 16.3. The Kier molecular flexibility index (Phi) is 5.93. The monoisotopic (exact) mass is 341 g/mol. The normalized spacial score (nSPS) is 17.7. The Hall–Kier alpha value is -0.570. The van der Waals surface area contributed by atoms with Crippen molar-refractivity contribution in [2.45, 2.75) is 46.6 Å². The molecule has 1 aromatic rings. The number of benzene rings is 1. The lowest BCUT2D eigenvalue weighted by molar-refractivity contribution is -0.127. The topological polar surface area (TPSA) is 20.3 Å². The Bertz CT molecular complexity index is 508. The summed E-state index contributed by atoms with van der Waals surface area (Å²) in [6.45, 7) is 8.81. The van der Waals surface area contributed by atoms with Gasteiger partial charge < -0.3 is 0 Å². The van der Waals surface area contributed by atoms with Crippen LogP contribution in [0.2, 0.25) is 10.0 Å². The Balaban J connectivity index is 1.86. The lowest BCUT2D eigenvalue weighted by atomic mass is 9.82. The first-order chi connectivity index (χ1) is 10.3. The molecule has 0 bridgehead atoms. The smallest absolute Gasteiger partial charge is 0.138 e. The first kappa shape index (κ1) is 17.8. The number of ketones is 1. The second-order valence-corrected chi connectivity index (χ2v) is 8.11. The zero-order valence-corrected chi connectivity index (χ0v) is 15.2. The molecule has 0 atom stereocenters. The number of likely N-dealkylation sites (tertiary alicyclic amines) is 1. The number of Topliss-reactive ketones (excluding diaryl/α,β-unsaturated/α-hetero) is 1. The fourth-order valence-corrected chi connectivity index (χ4v) is 3.34. The second-order valence-electron chi connectivity index (χ2n) is 7.30. The zero-order valence-electron chi connectivity index (χ0n) is 13.7. The van der Waals surface area contributed by atoms with E-state index in [2.05, 4.69) is 4.90 Å². The minimum Gasteiger partial charge on any atom is -0.299 e. The number of hydrogen-bond donors (Lipinski definition) is 0. The quantitative estimate of drug-likeness (QED) is 0.748. The van der Waals surface area contributed by atoms with Crippen LogP contribution in [0.4, 0.5) is 0 Å². The van der Waals surface area contributed by atoms with Crippen LogP contribution in [0.5, 0.6) is 0 Å². The molecule has 0 aromatic heterocycles. The number of rotatable bonds is 4. The highest BCUT2D eigenvalue weighted by Gasteiger charge is 2.27. The summed E-state index contributed by atoms with van der Waals surface area (Å²) in [5.41, 5.74) is 0.789. The third-order valence-electron chi connectivity index (χ3n) is 4.46. The molecular weight excluding hydrogens is 317 g/mol. The number of halogens is 2. The Morgan fingerprint density at radius 1 is 1.18 bits per heavy atom. The van der Waals surface area contributed by atoms with Crippen LogP contribution in [0.25, 0.3) is 0 Å². The number of nitrogens with zero attached hydrogens (tertiary/aromatic N) is 1. The van der Waals surface area contributed by atoms with E-state index in [1.165, 1.54) is 0 Å². The minimum absolute atomic E-state index is 0.220. The Morgan fingerprint density at radius 2 is 1.73 bits per heavy atom. The molecule has 1 heterocycles. The fourth-order valence-electron chi connectivity index (χ4n) is 2.82. The van der Waals surface area contributed by atoms with Crippen LogP contribution in [0, 0.1) is 11.3 Å². The average molecular weight is 342 g/mol. The molecule has 0 N–H and O–H groups in total. The molecule has 4 heteroatoms.